The van der Waals surface area contributed by atoms with E-state index in [1.54, 1.807) is 12.1 Å². The first-order valence-corrected chi connectivity index (χ1v) is 11.0. The molecule has 0 unspecified atom stereocenters. The second kappa shape index (κ2) is 7.96. The summed E-state index contributed by atoms with van der Waals surface area (Å²) >= 11 is 1.25. The number of aromatic nitrogens is 2. The Bertz CT molecular complexity index is 1460. The van der Waals surface area contributed by atoms with E-state index in [-0.39, 0.29) is 33.8 Å². The predicted molar refractivity (Wildman–Crippen MR) is 120 cm³/mol. The summed E-state index contributed by atoms with van der Waals surface area (Å²) in [5.74, 6) is -1.19. The van der Waals surface area contributed by atoms with Crippen LogP contribution < -0.4 is 15.1 Å². The van der Waals surface area contributed by atoms with E-state index in [2.05, 4.69) is 10.2 Å². The Morgan fingerprint density at radius 3 is 2.79 bits per heavy atom. The van der Waals surface area contributed by atoms with Crippen molar-refractivity contribution in [3.63, 3.8) is 0 Å². The Morgan fingerprint density at radius 2 is 2.03 bits per heavy atom. The van der Waals surface area contributed by atoms with Gasteiger partial charge in [0.15, 0.2) is 16.9 Å². The van der Waals surface area contributed by atoms with Gasteiger partial charge in [0, 0.05) is 6.42 Å². The molecule has 4 aromatic rings. The van der Waals surface area contributed by atoms with Gasteiger partial charge < -0.3 is 14.3 Å². The molecular formula is C23H18FN3O5S. The van der Waals surface area contributed by atoms with Crippen LogP contribution in [0, 0.1) is 5.82 Å². The van der Waals surface area contributed by atoms with E-state index >= 15 is 0 Å². The minimum atomic E-state index is -0.923. The lowest BCUT2D eigenvalue weighted by Crippen LogP contribution is -2.29. The number of anilines is 1. The van der Waals surface area contributed by atoms with Gasteiger partial charge in [-0.1, -0.05) is 24.3 Å². The van der Waals surface area contributed by atoms with E-state index in [1.165, 1.54) is 41.5 Å². The van der Waals surface area contributed by atoms with Crippen molar-refractivity contribution in [1.29, 1.82) is 0 Å². The first-order valence-electron chi connectivity index (χ1n) is 10.2. The molecule has 2 aromatic carbocycles. The number of aryl methyl sites for hydroxylation is 1. The average molecular weight is 467 g/mol. The Kier molecular flexibility index (Phi) is 5.09. The van der Waals surface area contributed by atoms with Gasteiger partial charge in [-0.05, 0) is 42.3 Å². The van der Waals surface area contributed by atoms with Gasteiger partial charge in [-0.3, -0.25) is 14.5 Å². The van der Waals surface area contributed by atoms with E-state index < -0.39 is 23.2 Å². The van der Waals surface area contributed by atoms with E-state index in [0.717, 1.165) is 17.5 Å². The maximum Gasteiger partial charge on any atom is 0.297 e. The van der Waals surface area contributed by atoms with Crippen molar-refractivity contribution in [2.75, 3.05) is 12.0 Å². The molecule has 0 saturated heterocycles. The molecule has 5 rings (SSSR count). The summed E-state index contributed by atoms with van der Waals surface area (Å²) < 4.78 is 24.9. The molecule has 10 heteroatoms. The number of carbonyl (C=O) groups excluding carboxylic acids is 1. The van der Waals surface area contributed by atoms with Crippen molar-refractivity contribution in [3.05, 3.63) is 74.3 Å². The van der Waals surface area contributed by atoms with Crippen LogP contribution in [0.4, 0.5) is 9.52 Å². The standard InChI is InChI=1S/C23H18FN3O5S/c1-3-4-17-25-26-23(33-17)27-19(11-5-7-14(28)16(9-11)31-2)18-20(29)13-10-12(24)6-8-15(13)32-21(18)22(27)30/h5-10,19,28H,3-4H2,1-2H3/t19-/m0/s1. The van der Waals surface area contributed by atoms with Crippen molar-refractivity contribution in [2.45, 2.75) is 25.8 Å². The van der Waals surface area contributed by atoms with Crippen LogP contribution in [0.1, 0.15) is 46.1 Å². The molecule has 3 heterocycles. The molecule has 0 aliphatic carbocycles. The molecule has 33 heavy (non-hydrogen) atoms. The van der Waals surface area contributed by atoms with Crippen LogP contribution in [0.2, 0.25) is 0 Å². The zero-order valence-corrected chi connectivity index (χ0v) is 18.5. The number of nitrogens with zero attached hydrogens (tertiary/aromatic N) is 3. The maximum atomic E-state index is 13.9. The smallest absolute Gasteiger partial charge is 0.297 e. The van der Waals surface area contributed by atoms with Crippen molar-refractivity contribution in [3.8, 4) is 11.5 Å². The first kappa shape index (κ1) is 21.1. The summed E-state index contributed by atoms with van der Waals surface area (Å²) in [6.07, 6.45) is 1.56. The fourth-order valence-corrected chi connectivity index (χ4v) is 4.95. The quantitative estimate of drug-likeness (QED) is 0.469. The molecule has 8 nitrogen and oxygen atoms in total. The van der Waals surface area contributed by atoms with Crippen molar-refractivity contribution >= 4 is 33.3 Å². The molecule has 0 bridgehead atoms. The third-order valence-electron chi connectivity index (χ3n) is 5.48. The van der Waals surface area contributed by atoms with E-state index in [4.69, 9.17) is 9.15 Å². The summed E-state index contributed by atoms with van der Waals surface area (Å²) in [6, 6.07) is 7.20. The third-order valence-corrected chi connectivity index (χ3v) is 6.46. The maximum absolute atomic E-state index is 13.9. The fourth-order valence-electron chi connectivity index (χ4n) is 3.98. The topological polar surface area (TPSA) is 106 Å². The van der Waals surface area contributed by atoms with Crippen molar-refractivity contribution in [1.82, 2.24) is 10.2 Å². The number of ether oxygens (including phenoxy) is 1. The number of halogens is 1. The van der Waals surface area contributed by atoms with Crippen LogP contribution >= 0.6 is 11.3 Å². The number of fused-ring (bicyclic) bond motifs is 2. The normalized spacial score (nSPS) is 15.3. The highest BCUT2D eigenvalue weighted by molar-refractivity contribution is 7.15. The fraction of sp³-hybridized carbons (Fsp3) is 0.217. The summed E-state index contributed by atoms with van der Waals surface area (Å²) in [4.78, 5) is 28.4. The number of amides is 1. The summed E-state index contributed by atoms with van der Waals surface area (Å²) in [5, 5.41) is 19.5. The highest BCUT2D eigenvalue weighted by Gasteiger charge is 2.45. The van der Waals surface area contributed by atoms with Gasteiger partial charge in [-0.15, -0.1) is 10.2 Å². The molecule has 1 N–H and O–H groups in total. The molecule has 1 amide bonds. The molecule has 1 aliphatic rings. The first-order chi connectivity index (χ1) is 15.9. The molecule has 0 radical (unpaired) electrons. The van der Waals surface area contributed by atoms with Crippen LogP contribution in [-0.4, -0.2) is 28.3 Å². The Morgan fingerprint density at radius 1 is 1.21 bits per heavy atom. The van der Waals surface area contributed by atoms with Crippen LogP contribution in [-0.2, 0) is 6.42 Å². The van der Waals surface area contributed by atoms with Gasteiger partial charge in [-0.25, -0.2) is 4.39 Å². The number of aromatic hydroxyl groups is 1. The van der Waals surface area contributed by atoms with Gasteiger partial charge in [0.2, 0.25) is 10.9 Å². The lowest BCUT2D eigenvalue weighted by molar-refractivity contribution is 0.0970. The second-order valence-electron chi connectivity index (χ2n) is 7.55. The Hall–Kier alpha value is -3.79. The van der Waals surface area contributed by atoms with Gasteiger partial charge >= 0.3 is 0 Å². The van der Waals surface area contributed by atoms with Crippen LogP contribution in [0.25, 0.3) is 11.0 Å². The Labute approximate surface area is 190 Å². The molecule has 1 atom stereocenters. The largest absolute Gasteiger partial charge is 0.504 e. The highest BCUT2D eigenvalue weighted by Crippen LogP contribution is 2.43. The van der Waals surface area contributed by atoms with Crippen molar-refractivity contribution < 1.29 is 23.4 Å². The summed E-state index contributed by atoms with van der Waals surface area (Å²) in [5.41, 5.74) is 0.156. The Balaban J connectivity index is 1.78. The lowest BCUT2D eigenvalue weighted by Gasteiger charge is -2.22. The molecule has 0 spiro atoms. The highest BCUT2D eigenvalue weighted by atomic mass is 32.1. The van der Waals surface area contributed by atoms with E-state index in [9.17, 15) is 19.1 Å². The van der Waals surface area contributed by atoms with Crippen molar-refractivity contribution in [2.24, 2.45) is 0 Å². The van der Waals surface area contributed by atoms with Crippen LogP contribution in [0.3, 0.4) is 0 Å². The lowest BCUT2D eigenvalue weighted by atomic mass is 9.98. The van der Waals surface area contributed by atoms with E-state index in [0.29, 0.717) is 17.1 Å². The zero-order valence-electron chi connectivity index (χ0n) is 17.7. The number of hydrogen-bond donors (Lipinski definition) is 1. The molecular weight excluding hydrogens is 449 g/mol. The molecule has 0 fully saturated rings. The molecule has 1 aliphatic heterocycles. The third kappa shape index (κ3) is 3.34. The van der Waals surface area contributed by atoms with Gasteiger partial charge in [0.1, 0.15) is 16.4 Å². The molecule has 168 valence electrons. The second-order valence-corrected chi connectivity index (χ2v) is 8.59. The van der Waals surface area contributed by atoms with E-state index in [1.807, 2.05) is 6.92 Å². The number of hydrogen-bond acceptors (Lipinski definition) is 8. The van der Waals surface area contributed by atoms with Gasteiger partial charge in [0.05, 0.1) is 24.1 Å². The number of carbonyl (C=O) groups is 1. The zero-order chi connectivity index (χ0) is 23.3. The minimum Gasteiger partial charge on any atom is -0.504 e. The predicted octanol–water partition coefficient (Wildman–Crippen LogP) is 4.20. The van der Waals surface area contributed by atoms with Crippen LogP contribution in [0.5, 0.6) is 11.5 Å². The minimum absolute atomic E-state index is 0.0306. The number of phenols is 1. The average Bonchev–Trinajstić information content (AvgIpc) is 3.37. The van der Waals surface area contributed by atoms with Crippen LogP contribution in [0.15, 0.2) is 45.6 Å². The number of rotatable bonds is 5. The monoisotopic (exact) mass is 467 g/mol. The molecule has 2 aromatic heterocycles. The van der Waals surface area contributed by atoms with Gasteiger partial charge in [-0.2, -0.15) is 0 Å². The molecule has 0 saturated carbocycles. The summed E-state index contributed by atoms with van der Waals surface area (Å²) in [6.45, 7) is 2.01. The number of benzene rings is 2. The number of methoxy groups -OCH3 is 1. The number of phenolic OH excluding ortho intramolecular Hbond substituents is 1. The SMILES string of the molecule is CCCc1nnc(N2C(=O)c3oc4ccc(F)cc4c(=O)c3[C@@H]2c2ccc(O)c(OC)c2)s1. The summed E-state index contributed by atoms with van der Waals surface area (Å²) in [7, 11) is 1.40. The van der Waals surface area contributed by atoms with Gasteiger partial charge in [0.25, 0.3) is 5.91 Å².